The molecule has 1 heterocycles. The van der Waals surface area contributed by atoms with Gasteiger partial charge in [-0.25, -0.2) is 0 Å². The molecule has 0 N–H and O–H groups in total. The first-order valence-electron chi connectivity index (χ1n) is 5.14. The maximum Gasteiger partial charge on any atom is 0.305 e. The Balaban J connectivity index is 2.37. The lowest BCUT2D eigenvalue weighted by Crippen LogP contribution is -2.06. The van der Waals surface area contributed by atoms with Crippen LogP contribution in [0.1, 0.15) is 38.5 Å². The van der Waals surface area contributed by atoms with Crippen molar-refractivity contribution in [3.63, 3.8) is 0 Å². The van der Waals surface area contributed by atoms with E-state index in [4.69, 9.17) is 4.74 Å². The molecular weight excluding hydrogens is 180 g/mol. The van der Waals surface area contributed by atoms with Crippen LogP contribution in [0.5, 0.6) is 0 Å². The molecule has 0 amide bonds. The van der Waals surface area contributed by atoms with Gasteiger partial charge < -0.3 is 4.74 Å². The highest BCUT2D eigenvalue weighted by molar-refractivity contribution is 5.89. The summed E-state index contributed by atoms with van der Waals surface area (Å²) in [6, 6.07) is 0. The van der Waals surface area contributed by atoms with Crippen molar-refractivity contribution in [1.29, 1.82) is 0 Å². The number of cyclic esters (lactones) is 1. The number of carbonyl (C=O) groups is 2. The maximum atomic E-state index is 11.2. The molecule has 0 spiro atoms. The predicted octanol–water partition coefficient (Wildman–Crippen LogP) is 2.01. The zero-order valence-corrected chi connectivity index (χ0v) is 8.33. The third-order valence-electron chi connectivity index (χ3n) is 2.16. The first-order valence-corrected chi connectivity index (χ1v) is 5.14. The zero-order chi connectivity index (χ0) is 10.2. The van der Waals surface area contributed by atoms with Gasteiger partial charge in [-0.15, -0.1) is 0 Å². The summed E-state index contributed by atoms with van der Waals surface area (Å²) in [4.78, 5) is 22.2. The number of ether oxygens (including phenoxy) is 1. The fourth-order valence-electron chi connectivity index (χ4n) is 1.36. The van der Waals surface area contributed by atoms with Gasteiger partial charge in [-0.05, 0) is 25.3 Å². The first-order chi connectivity index (χ1) is 6.79. The van der Waals surface area contributed by atoms with Gasteiger partial charge >= 0.3 is 5.97 Å². The number of hydrogen-bond acceptors (Lipinski definition) is 3. The van der Waals surface area contributed by atoms with E-state index in [-0.39, 0.29) is 11.8 Å². The van der Waals surface area contributed by atoms with Gasteiger partial charge in [-0.3, -0.25) is 9.59 Å². The second-order valence-electron chi connectivity index (χ2n) is 3.44. The summed E-state index contributed by atoms with van der Waals surface area (Å²) in [5, 5.41) is 0. The van der Waals surface area contributed by atoms with Crippen LogP contribution in [0.4, 0.5) is 0 Å². The molecule has 1 rings (SSSR count). The molecule has 0 aromatic rings. The van der Waals surface area contributed by atoms with Gasteiger partial charge in [0.05, 0.1) is 6.61 Å². The Morgan fingerprint density at radius 2 is 1.86 bits per heavy atom. The Kier molecular flexibility index (Phi) is 4.97. The van der Waals surface area contributed by atoms with Crippen molar-refractivity contribution in [3.8, 4) is 0 Å². The maximum absolute atomic E-state index is 11.2. The van der Waals surface area contributed by atoms with Crippen molar-refractivity contribution < 1.29 is 14.3 Å². The third kappa shape index (κ3) is 4.80. The molecular formula is C11H16O3. The molecule has 0 saturated heterocycles. The van der Waals surface area contributed by atoms with E-state index in [9.17, 15) is 9.59 Å². The van der Waals surface area contributed by atoms with Crippen molar-refractivity contribution in [2.45, 2.75) is 38.5 Å². The second kappa shape index (κ2) is 6.35. The fourth-order valence-corrected chi connectivity index (χ4v) is 1.36. The minimum absolute atomic E-state index is 0.120. The molecule has 3 heteroatoms. The van der Waals surface area contributed by atoms with Crippen LogP contribution in [0.15, 0.2) is 12.2 Å². The Hall–Kier alpha value is -1.12. The summed E-state index contributed by atoms with van der Waals surface area (Å²) in [6.07, 6.45) is 7.72. The summed E-state index contributed by atoms with van der Waals surface area (Å²) in [7, 11) is 0. The van der Waals surface area contributed by atoms with E-state index in [0.717, 1.165) is 19.3 Å². The molecule has 1 aliphatic heterocycles. The van der Waals surface area contributed by atoms with Gasteiger partial charge in [0.1, 0.15) is 0 Å². The van der Waals surface area contributed by atoms with Crippen molar-refractivity contribution in [3.05, 3.63) is 12.2 Å². The van der Waals surface area contributed by atoms with Crippen molar-refractivity contribution in [2.24, 2.45) is 0 Å². The quantitative estimate of drug-likeness (QED) is 0.556. The average molecular weight is 196 g/mol. The van der Waals surface area contributed by atoms with E-state index < -0.39 is 0 Å². The highest BCUT2D eigenvalue weighted by Crippen LogP contribution is 2.06. The molecule has 0 atom stereocenters. The number of hydrogen-bond donors (Lipinski definition) is 0. The second-order valence-corrected chi connectivity index (χ2v) is 3.44. The lowest BCUT2D eigenvalue weighted by molar-refractivity contribution is -0.143. The highest BCUT2D eigenvalue weighted by atomic mass is 16.5. The van der Waals surface area contributed by atoms with Crippen LogP contribution in [0.25, 0.3) is 0 Å². The molecule has 0 unspecified atom stereocenters. The normalized spacial score (nSPS) is 23.1. The van der Waals surface area contributed by atoms with E-state index in [1.807, 2.05) is 0 Å². The van der Waals surface area contributed by atoms with Crippen LogP contribution < -0.4 is 0 Å². The van der Waals surface area contributed by atoms with Crippen molar-refractivity contribution >= 4 is 11.8 Å². The van der Waals surface area contributed by atoms with Gasteiger partial charge in [0.25, 0.3) is 0 Å². The number of esters is 1. The highest BCUT2D eigenvalue weighted by Gasteiger charge is 2.04. The van der Waals surface area contributed by atoms with Crippen LogP contribution in [0.2, 0.25) is 0 Å². The van der Waals surface area contributed by atoms with E-state index >= 15 is 0 Å². The third-order valence-corrected chi connectivity index (χ3v) is 2.16. The number of allylic oxidation sites excluding steroid dienone is 1. The van der Waals surface area contributed by atoms with Crippen LogP contribution in [-0.2, 0) is 14.3 Å². The largest absolute Gasteiger partial charge is 0.465 e. The standard InChI is InChI=1S/C11H16O3/c12-10-6-2-1-3-8-11(13)14-9-5-4-7-10/h4,7H,1-3,5-6,8-9H2/b7-4+. The van der Waals surface area contributed by atoms with Gasteiger partial charge in [0.15, 0.2) is 5.78 Å². The van der Waals surface area contributed by atoms with Crippen LogP contribution in [0, 0.1) is 0 Å². The molecule has 3 nitrogen and oxygen atoms in total. The molecule has 0 fully saturated rings. The van der Waals surface area contributed by atoms with Gasteiger partial charge in [0.2, 0.25) is 0 Å². The number of ketones is 1. The smallest absolute Gasteiger partial charge is 0.305 e. The summed E-state index contributed by atoms with van der Waals surface area (Å²) in [6.45, 7) is 0.391. The van der Waals surface area contributed by atoms with Crippen molar-refractivity contribution in [1.82, 2.24) is 0 Å². The lowest BCUT2D eigenvalue weighted by atomic mass is 10.1. The Bertz CT molecular complexity index is 231. The molecule has 0 aromatic carbocycles. The summed E-state index contributed by atoms with van der Waals surface area (Å²) < 4.78 is 4.95. The van der Waals surface area contributed by atoms with Gasteiger partial charge in [-0.1, -0.05) is 12.5 Å². The van der Waals surface area contributed by atoms with E-state index in [1.54, 1.807) is 12.2 Å². The van der Waals surface area contributed by atoms with Gasteiger partial charge in [-0.2, -0.15) is 0 Å². The molecule has 1 aliphatic rings. The minimum atomic E-state index is -0.120. The van der Waals surface area contributed by atoms with E-state index in [2.05, 4.69) is 0 Å². The molecule has 14 heavy (non-hydrogen) atoms. The molecule has 0 aromatic heterocycles. The van der Waals surface area contributed by atoms with Crippen LogP contribution >= 0.6 is 0 Å². The first kappa shape index (κ1) is 11.0. The number of rotatable bonds is 0. The lowest BCUT2D eigenvalue weighted by Gasteiger charge is -2.04. The predicted molar refractivity (Wildman–Crippen MR) is 52.8 cm³/mol. The summed E-state index contributed by atoms with van der Waals surface area (Å²) in [5.41, 5.74) is 0. The summed E-state index contributed by atoms with van der Waals surface area (Å²) in [5.74, 6) is 0.0576. The van der Waals surface area contributed by atoms with Crippen molar-refractivity contribution in [2.75, 3.05) is 6.61 Å². The molecule has 0 bridgehead atoms. The summed E-state index contributed by atoms with van der Waals surface area (Å²) >= 11 is 0. The van der Waals surface area contributed by atoms with E-state index in [1.165, 1.54) is 0 Å². The minimum Gasteiger partial charge on any atom is -0.465 e. The molecule has 0 radical (unpaired) electrons. The average Bonchev–Trinajstić information content (AvgIpc) is 2.14. The fraction of sp³-hybridized carbons (Fsp3) is 0.636. The van der Waals surface area contributed by atoms with Gasteiger partial charge in [0, 0.05) is 12.8 Å². The molecule has 0 aliphatic carbocycles. The number of carbonyl (C=O) groups excluding carboxylic acids is 2. The monoisotopic (exact) mass is 196 g/mol. The molecule has 78 valence electrons. The Morgan fingerprint density at radius 1 is 1.07 bits per heavy atom. The topological polar surface area (TPSA) is 43.4 Å². The Labute approximate surface area is 84.1 Å². The zero-order valence-electron chi connectivity index (χ0n) is 8.33. The van der Waals surface area contributed by atoms with Crippen LogP contribution in [-0.4, -0.2) is 18.4 Å². The Morgan fingerprint density at radius 3 is 2.71 bits per heavy atom. The molecule has 0 saturated carbocycles. The van der Waals surface area contributed by atoms with Crippen LogP contribution in [0.3, 0.4) is 0 Å². The van der Waals surface area contributed by atoms with E-state index in [0.29, 0.717) is 25.9 Å². The SMILES string of the molecule is O=C1/C=C/CCOC(=O)CCCCC1.